The van der Waals surface area contributed by atoms with E-state index >= 15 is 0 Å². The first kappa shape index (κ1) is 12.0. The average molecular weight is 208 g/mol. The van der Waals surface area contributed by atoms with Crippen LogP contribution in [0.4, 0.5) is 0 Å². The predicted molar refractivity (Wildman–Crippen MR) is 62.9 cm³/mol. The molecule has 0 amide bonds. The second-order valence-electron chi connectivity index (χ2n) is 4.44. The molecule has 3 nitrogen and oxygen atoms in total. The van der Waals surface area contributed by atoms with Gasteiger partial charge in [0, 0.05) is 18.7 Å². The molecule has 0 saturated carbocycles. The van der Waals surface area contributed by atoms with Gasteiger partial charge in [-0.05, 0) is 39.8 Å². The molecule has 15 heavy (non-hydrogen) atoms. The maximum Gasteiger partial charge on any atom is 0.120 e. The zero-order valence-electron chi connectivity index (χ0n) is 9.99. The van der Waals surface area contributed by atoms with Gasteiger partial charge in [0.1, 0.15) is 5.75 Å². The second-order valence-corrected chi connectivity index (χ2v) is 4.44. The molecule has 0 bridgehead atoms. The third kappa shape index (κ3) is 3.90. The van der Waals surface area contributed by atoms with Crippen molar-refractivity contribution in [2.24, 2.45) is 0 Å². The largest absolute Gasteiger partial charge is 0.508 e. The molecular weight excluding hydrogens is 188 g/mol. The molecule has 1 aromatic rings. The van der Waals surface area contributed by atoms with Crippen molar-refractivity contribution in [1.82, 2.24) is 9.80 Å². The lowest BCUT2D eigenvalue weighted by Gasteiger charge is -2.14. The molecule has 0 atom stereocenters. The van der Waals surface area contributed by atoms with Crippen LogP contribution in [-0.2, 0) is 13.1 Å². The van der Waals surface area contributed by atoms with Gasteiger partial charge in [0.15, 0.2) is 0 Å². The molecule has 84 valence electrons. The van der Waals surface area contributed by atoms with Crippen molar-refractivity contribution in [3.63, 3.8) is 0 Å². The van der Waals surface area contributed by atoms with Crippen LogP contribution < -0.4 is 0 Å². The molecule has 3 heteroatoms. The normalized spacial score (nSPS) is 11.3. The minimum atomic E-state index is 0.392. The van der Waals surface area contributed by atoms with E-state index in [1.54, 1.807) is 0 Å². The van der Waals surface area contributed by atoms with Crippen molar-refractivity contribution >= 4 is 0 Å². The fourth-order valence-electron chi connectivity index (χ4n) is 1.55. The monoisotopic (exact) mass is 208 g/mol. The van der Waals surface area contributed by atoms with Crippen molar-refractivity contribution in [3.05, 3.63) is 29.3 Å². The van der Waals surface area contributed by atoms with Crippen molar-refractivity contribution in [3.8, 4) is 5.75 Å². The smallest absolute Gasteiger partial charge is 0.120 e. The Labute approximate surface area is 91.9 Å². The van der Waals surface area contributed by atoms with E-state index < -0.39 is 0 Å². The van der Waals surface area contributed by atoms with Crippen molar-refractivity contribution in [2.45, 2.75) is 13.1 Å². The summed E-state index contributed by atoms with van der Waals surface area (Å²) < 4.78 is 0. The summed E-state index contributed by atoms with van der Waals surface area (Å²) in [5.74, 6) is 0.392. The maximum absolute atomic E-state index is 9.81. The van der Waals surface area contributed by atoms with Crippen LogP contribution in [0.15, 0.2) is 18.2 Å². The lowest BCUT2D eigenvalue weighted by Crippen LogP contribution is -2.12. The van der Waals surface area contributed by atoms with Gasteiger partial charge in [-0.25, -0.2) is 0 Å². The Kier molecular flexibility index (Phi) is 4.12. The van der Waals surface area contributed by atoms with Crippen LogP contribution in [0.5, 0.6) is 5.75 Å². The summed E-state index contributed by atoms with van der Waals surface area (Å²) in [6.07, 6.45) is 0. The molecule has 0 radical (unpaired) electrons. The Balaban J connectivity index is 2.78. The van der Waals surface area contributed by atoms with Gasteiger partial charge in [-0.2, -0.15) is 0 Å². The van der Waals surface area contributed by atoms with Gasteiger partial charge < -0.3 is 14.9 Å². The minimum absolute atomic E-state index is 0.392. The molecule has 0 aliphatic carbocycles. The van der Waals surface area contributed by atoms with E-state index in [1.807, 2.05) is 45.2 Å². The van der Waals surface area contributed by atoms with Gasteiger partial charge in [-0.3, -0.25) is 0 Å². The Bertz CT molecular complexity index is 321. The highest BCUT2D eigenvalue weighted by Crippen LogP contribution is 2.20. The first-order valence-corrected chi connectivity index (χ1v) is 5.09. The average Bonchev–Trinajstić information content (AvgIpc) is 2.08. The standard InChI is InChI=1S/C12H20N2O/c1-13(2)8-10-5-6-11(9-14(3)4)12(15)7-10/h5-7,15H,8-9H2,1-4H3. The van der Waals surface area contributed by atoms with Crippen LogP contribution in [-0.4, -0.2) is 43.1 Å². The number of phenols is 1. The van der Waals surface area contributed by atoms with Crippen molar-refractivity contribution < 1.29 is 5.11 Å². The SMILES string of the molecule is CN(C)Cc1ccc(CN(C)C)c(O)c1. The van der Waals surface area contributed by atoms with E-state index in [-0.39, 0.29) is 0 Å². The summed E-state index contributed by atoms with van der Waals surface area (Å²) in [4.78, 5) is 4.13. The van der Waals surface area contributed by atoms with Crippen molar-refractivity contribution in [1.29, 1.82) is 0 Å². The lowest BCUT2D eigenvalue weighted by atomic mass is 10.1. The van der Waals surface area contributed by atoms with Crippen LogP contribution in [0.1, 0.15) is 11.1 Å². The molecular formula is C12H20N2O. The highest BCUT2D eigenvalue weighted by Gasteiger charge is 2.04. The van der Waals surface area contributed by atoms with Gasteiger partial charge in [0.2, 0.25) is 0 Å². The van der Waals surface area contributed by atoms with Crippen LogP contribution in [0, 0.1) is 0 Å². The Morgan fingerprint density at radius 1 is 1.00 bits per heavy atom. The predicted octanol–water partition coefficient (Wildman–Crippen LogP) is 1.52. The van der Waals surface area contributed by atoms with E-state index in [1.165, 1.54) is 0 Å². The molecule has 1 N–H and O–H groups in total. The number of aromatic hydroxyl groups is 1. The summed E-state index contributed by atoms with van der Waals surface area (Å²) in [5.41, 5.74) is 2.11. The molecule has 0 spiro atoms. The number of nitrogens with zero attached hydrogens (tertiary/aromatic N) is 2. The Morgan fingerprint density at radius 2 is 1.60 bits per heavy atom. The Hall–Kier alpha value is -1.06. The van der Waals surface area contributed by atoms with Crippen LogP contribution in [0.2, 0.25) is 0 Å². The van der Waals surface area contributed by atoms with E-state index in [2.05, 4.69) is 11.0 Å². The third-order valence-electron chi connectivity index (χ3n) is 2.14. The molecule has 0 fully saturated rings. The van der Waals surface area contributed by atoms with Crippen LogP contribution in [0.3, 0.4) is 0 Å². The number of hydrogen-bond acceptors (Lipinski definition) is 3. The van der Waals surface area contributed by atoms with Gasteiger partial charge >= 0.3 is 0 Å². The van der Waals surface area contributed by atoms with Gasteiger partial charge in [-0.15, -0.1) is 0 Å². The highest BCUT2D eigenvalue weighted by molar-refractivity contribution is 5.36. The van der Waals surface area contributed by atoms with E-state index in [9.17, 15) is 5.11 Å². The number of benzene rings is 1. The topological polar surface area (TPSA) is 26.7 Å². The van der Waals surface area contributed by atoms with E-state index in [0.29, 0.717) is 5.75 Å². The molecule has 0 unspecified atom stereocenters. The minimum Gasteiger partial charge on any atom is -0.508 e. The summed E-state index contributed by atoms with van der Waals surface area (Å²) in [6, 6.07) is 5.91. The van der Waals surface area contributed by atoms with E-state index in [4.69, 9.17) is 0 Å². The molecule has 0 aliphatic heterocycles. The lowest BCUT2D eigenvalue weighted by molar-refractivity contribution is 0.382. The quantitative estimate of drug-likeness (QED) is 0.812. The first-order valence-electron chi connectivity index (χ1n) is 5.09. The number of rotatable bonds is 4. The first-order chi connectivity index (χ1) is 6.99. The van der Waals surface area contributed by atoms with E-state index in [0.717, 1.165) is 24.2 Å². The van der Waals surface area contributed by atoms with Gasteiger partial charge in [0.25, 0.3) is 0 Å². The van der Waals surface area contributed by atoms with Crippen LogP contribution in [0.25, 0.3) is 0 Å². The second kappa shape index (κ2) is 5.14. The summed E-state index contributed by atoms with van der Waals surface area (Å²) in [7, 11) is 8.02. The highest BCUT2D eigenvalue weighted by atomic mass is 16.3. The molecule has 1 rings (SSSR count). The zero-order chi connectivity index (χ0) is 11.4. The van der Waals surface area contributed by atoms with Gasteiger partial charge in [0.05, 0.1) is 0 Å². The summed E-state index contributed by atoms with van der Waals surface area (Å²) >= 11 is 0. The molecule has 0 heterocycles. The molecule has 1 aromatic carbocycles. The van der Waals surface area contributed by atoms with Gasteiger partial charge in [-0.1, -0.05) is 12.1 Å². The maximum atomic E-state index is 9.81. The number of hydrogen-bond donors (Lipinski definition) is 1. The molecule has 0 aliphatic rings. The third-order valence-corrected chi connectivity index (χ3v) is 2.14. The van der Waals surface area contributed by atoms with Crippen molar-refractivity contribution in [2.75, 3.05) is 28.2 Å². The zero-order valence-corrected chi connectivity index (χ0v) is 9.99. The number of phenolic OH excluding ortho intramolecular Hbond substituents is 1. The molecule has 0 saturated heterocycles. The fraction of sp³-hybridized carbons (Fsp3) is 0.500. The summed E-state index contributed by atoms with van der Waals surface area (Å²) in [6.45, 7) is 1.63. The van der Waals surface area contributed by atoms with Crippen LogP contribution >= 0.6 is 0 Å². The molecule has 0 aromatic heterocycles. The Morgan fingerprint density at radius 3 is 2.07 bits per heavy atom. The fourth-order valence-corrected chi connectivity index (χ4v) is 1.55. The summed E-state index contributed by atoms with van der Waals surface area (Å²) in [5, 5.41) is 9.81.